The van der Waals surface area contributed by atoms with E-state index in [2.05, 4.69) is 21.4 Å². The zero-order valence-corrected chi connectivity index (χ0v) is 16.4. The van der Waals surface area contributed by atoms with Crippen LogP contribution in [-0.4, -0.2) is 25.5 Å². The number of nitrogens with one attached hydrogen (secondary N) is 2. The van der Waals surface area contributed by atoms with Gasteiger partial charge in [0.25, 0.3) is 5.56 Å². The van der Waals surface area contributed by atoms with Gasteiger partial charge in [-0.2, -0.15) is 5.26 Å². The van der Waals surface area contributed by atoms with Crippen LogP contribution < -0.4 is 10.9 Å². The summed E-state index contributed by atoms with van der Waals surface area (Å²) in [5.74, 6) is 0.207. The molecule has 3 aromatic heterocycles. The molecule has 1 atom stereocenters. The summed E-state index contributed by atoms with van der Waals surface area (Å²) in [6.45, 7) is 1.79. The largest absolute Gasteiger partial charge is 0.338 e. The van der Waals surface area contributed by atoms with Crippen LogP contribution in [0.4, 0.5) is 5.13 Å². The molecule has 1 aromatic carbocycles. The van der Waals surface area contributed by atoms with Gasteiger partial charge in [0.1, 0.15) is 11.7 Å². The fraction of sp³-hybridized carbons (Fsp3) is 0.158. The second-order valence-corrected chi connectivity index (χ2v) is 8.32. The molecular formula is C19H15N5O2S2. The fourth-order valence-corrected chi connectivity index (χ4v) is 4.34. The first-order valence-corrected chi connectivity index (χ1v) is 10.4. The molecule has 0 aliphatic rings. The fourth-order valence-electron chi connectivity index (χ4n) is 2.94. The van der Waals surface area contributed by atoms with Crippen molar-refractivity contribution >= 4 is 50.8 Å². The number of carbonyl (C=O) groups excluding carboxylic acids is 1. The Morgan fingerprint density at radius 3 is 3.04 bits per heavy atom. The Bertz CT molecular complexity index is 1270. The normalized spacial score (nSPS) is 12.1. The van der Waals surface area contributed by atoms with Crippen molar-refractivity contribution in [3.8, 4) is 6.07 Å². The first kappa shape index (κ1) is 18.3. The third kappa shape index (κ3) is 3.28. The quantitative estimate of drug-likeness (QED) is 0.526. The Hall–Kier alpha value is -3.09. The monoisotopic (exact) mass is 409 g/mol. The van der Waals surface area contributed by atoms with Crippen LogP contribution in [0.2, 0.25) is 0 Å². The van der Waals surface area contributed by atoms with Crippen LogP contribution in [0.1, 0.15) is 18.1 Å². The topological polar surface area (TPSA) is 103 Å². The molecule has 9 heteroatoms. The van der Waals surface area contributed by atoms with Gasteiger partial charge < -0.3 is 10.3 Å². The minimum Gasteiger partial charge on any atom is -0.338 e. The number of para-hydroxylation sites is 2. The van der Waals surface area contributed by atoms with Crippen LogP contribution in [0.25, 0.3) is 16.7 Å². The number of anilines is 1. The van der Waals surface area contributed by atoms with Crippen molar-refractivity contribution in [3.05, 3.63) is 63.4 Å². The van der Waals surface area contributed by atoms with Crippen molar-refractivity contribution in [1.82, 2.24) is 14.4 Å². The minimum absolute atomic E-state index is 0.165. The molecule has 0 aliphatic carbocycles. The Balaban J connectivity index is 1.62. The summed E-state index contributed by atoms with van der Waals surface area (Å²) in [7, 11) is 0. The average Bonchev–Trinajstić information content (AvgIpc) is 3.33. The molecule has 1 amide bonds. The molecule has 140 valence electrons. The summed E-state index contributed by atoms with van der Waals surface area (Å²) >= 11 is 2.72. The van der Waals surface area contributed by atoms with Crippen molar-refractivity contribution < 1.29 is 4.79 Å². The maximum Gasteiger partial charge on any atom is 0.257 e. The molecule has 0 radical (unpaired) electrons. The summed E-state index contributed by atoms with van der Waals surface area (Å²) in [6, 6.07) is 11.1. The molecule has 4 aromatic rings. The standard InChI is InChI=1S/C19H15N5O2S2/c1-11(18(26)23-19-21-6-7-27-19)28-10-12-8-16(25)24-15-5-3-2-4-14(15)22-17(24)13(12)9-20/h2-8,11,22H,10H2,1H3,(H,21,23,26)/t11-/m0/s1. The summed E-state index contributed by atoms with van der Waals surface area (Å²) in [4.78, 5) is 32.2. The number of pyridine rings is 1. The van der Waals surface area contributed by atoms with E-state index in [-0.39, 0.29) is 16.7 Å². The number of imidazole rings is 1. The molecule has 0 saturated heterocycles. The van der Waals surface area contributed by atoms with Crippen molar-refractivity contribution in [2.24, 2.45) is 0 Å². The van der Waals surface area contributed by atoms with Crippen LogP contribution >= 0.6 is 23.1 Å². The number of aromatic nitrogens is 3. The number of carbonyl (C=O) groups is 1. The molecule has 0 bridgehead atoms. The highest BCUT2D eigenvalue weighted by molar-refractivity contribution is 7.99. The minimum atomic E-state index is -0.364. The first-order chi connectivity index (χ1) is 13.6. The number of H-pyrrole nitrogens is 1. The van der Waals surface area contributed by atoms with Crippen LogP contribution in [0.15, 0.2) is 46.7 Å². The number of hydrogen-bond donors (Lipinski definition) is 2. The average molecular weight is 409 g/mol. The third-order valence-electron chi connectivity index (χ3n) is 4.33. The van der Waals surface area contributed by atoms with Gasteiger partial charge in [0.05, 0.1) is 21.8 Å². The van der Waals surface area contributed by atoms with E-state index >= 15 is 0 Å². The Morgan fingerprint density at radius 2 is 2.29 bits per heavy atom. The molecule has 0 unspecified atom stereocenters. The summed E-state index contributed by atoms with van der Waals surface area (Å²) < 4.78 is 1.51. The molecule has 0 spiro atoms. The van der Waals surface area contributed by atoms with Gasteiger partial charge in [-0.15, -0.1) is 23.1 Å². The van der Waals surface area contributed by atoms with E-state index in [1.807, 2.05) is 24.3 Å². The van der Waals surface area contributed by atoms with E-state index in [9.17, 15) is 14.9 Å². The van der Waals surface area contributed by atoms with E-state index in [0.29, 0.717) is 27.7 Å². The SMILES string of the molecule is C[C@H](SCc1cc(=O)n2c([nH]c3ccccc32)c1C#N)C(=O)Nc1nccs1. The van der Waals surface area contributed by atoms with Crippen molar-refractivity contribution in [2.45, 2.75) is 17.9 Å². The number of amides is 1. The van der Waals surface area contributed by atoms with Crippen molar-refractivity contribution in [2.75, 3.05) is 5.32 Å². The predicted molar refractivity (Wildman–Crippen MR) is 112 cm³/mol. The molecule has 3 heterocycles. The number of aromatic amines is 1. The maximum absolute atomic E-state index is 12.7. The van der Waals surface area contributed by atoms with Gasteiger partial charge in [0.15, 0.2) is 5.13 Å². The number of nitriles is 1. The number of nitrogens with zero attached hydrogens (tertiary/aromatic N) is 3. The lowest BCUT2D eigenvalue weighted by Gasteiger charge is -2.11. The molecule has 4 rings (SSSR count). The highest BCUT2D eigenvalue weighted by Crippen LogP contribution is 2.25. The van der Waals surface area contributed by atoms with Crippen LogP contribution in [0, 0.1) is 11.3 Å². The third-order valence-corrected chi connectivity index (χ3v) is 6.21. The highest BCUT2D eigenvalue weighted by atomic mass is 32.2. The summed E-state index contributed by atoms with van der Waals surface area (Å²) in [5, 5.41) is 14.4. The molecule has 2 N–H and O–H groups in total. The van der Waals surface area contributed by atoms with Gasteiger partial charge in [0, 0.05) is 23.4 Å². The number of fused-ring (bicyclic) bond motifs is 3. The lowest BCUT2D eigenvalue weighted by atomic mass is 10.1. The van der Waals surface area contributed by atoms with Crippen molar-refractivity contribution in [3.63, 3.8) is 0 Å². The van der Waals surface area contributed by atoms with Gasteiger partial charge in [-0.05, 0) is 24.6 Å². The lowest BCUT2D eigenvalue weighted by Crippen LogP contribution is -2.22. The summed E-state index contributed by atoms with van der Waals surface area (Å²) in [6.07, 6.45) is 1.63. The predicted octanol–water partition coefficient (Wildman–Crippen LogP) is 3.37. The second-order valence-electron chi connectivity index (χ2n) is 6.10. The van der Waals surface area contributed by atoms with Gasteiger partial charge in [0.2, 0.25) is 5.91 Å². The Labute approximate surface area is 168 Å². The molecule has 0 fully saturated rings. The molecule has 7 nitrogen and oxygen atoms in total. The number of rotatable bonds is 5. The van der Waals surface area contributed by atoms with Gasteiger partial charge in [-0.25, -0.2) is 4.98 Å². The van der Waals surface area contributed by atoms with E-state index < -0.39 is 0 Å². The molecule has 28 heavy (non-hydrogen) atoms. The molecule has 0 saturated carbocycles. The molecule has 0 aliphatic heterocycles. The zero-order chi connectivity index (χ0) is 19.7. The van der Waals surface area contributed by atoms with E-state index in [1.165, 1.54) is 33.6 Å². The van der Waals surface area contributed by atoms with Crippen LogP contribution in [0.3, 0.4) is 0 Å². The first-order valence-electron chi connectivity index (χ1n) is 8.46. The summed E-state index contributed by atoms with van der Waals surface area (Å²) in [5.41, 5.74) is 2.81. The van der Waals surface area contributed by atoms with E-state index in [4.69, 9.17) is 0 Å². The number of thiazole rings is 1. The highest BCUT2D eigenvalue weighted by Gasteiger charge is 2.18. The smallest absolute Gasteiger partial charge is 0.257 e. The number of benzene rings is 1. The lowest BCUT2D eigenvalue weighted by molar-refractivity contribution is -0.115. The van der Waals surface area contributed by atoms with E-state index in [1.54, 1.807) is 18.5 Å². The molecular weight excluding hydrogens is 394 g/mol. The van der Waals surface area contributed by atoms with Gasteiger partial charge in [-0.1, -0.05) is 12.1 Å². The number of thioether (sulfide) groups is 1. The van der Waals surface area contributed by atoms with Gasteiger partial charge >= 0.3 is 0 Å². The zero-order valence-electron chi connectivity index (χ0n) is 14.8. The maximum atomic E-state index is 12.7. The van der Waals surface area contributed by atoms with Gasteiger partial charge in [-0.3, -0.25) is 14.0 Å². The van der Waals surface area contributed by atoms with Crippen LogP contribution in [-0.2, 0) is 10.5 Å². The van der Waals surface area contributed by atoms with Crippen LogP contribution in [0.5, 0.6) is 0 Å². The van der Waals surface area contributed by atoms with Crippen molar-refractivity contribution in [1.29, 1.82) is 5.26 Å². The Morgan fingerprint density at radius 1 is 1.46 bits per heavy atom. The number of hydrogen-bond acceptors (Lipinski definition) is 6. The second kappa shape index (κ2) is 7.50. The van der Waals surface area contributed by atoms with E-state index in [0.717, 1.165) is 11.0 Å². The Kier molecular flexibility index (Phi) is 4.90.